The Morgan fingerprint density at radius 1 is 1.18 bits per heavy atom. The van der Waals surface area contributed by atoms with Gasteiger partial charge in [-0.05, 0) is 19.1 Å². The predicted octanol–water partition coefficient (Wildman–Crippen LogP) is 4.74. The second-order valence-corrected chi connectivity index (χ2v) is 9.53. The van der Waals surface area contributed by atoms with Gasteiger partial charge in [-0.3, -0.25) is 0 Å². The lowest BCUT2D eigenvalue weighted by molar-refractivity contribution is -0.0272. The Hall–Kier alpha value is -0.645. The van der Waals surface area contributed by atoms with Crippen LogP contribution in [0.3, 0.4) is 0 Å². The van der Waals surface area contributed by atoms with Gasteiger partial charge in [0.1, 0.15) is 5.30 Å². The van der Waals surface area contributed by atoms with Gasteiger partial charge in [-0.2, -0.15) is 0 Å². The summed E-state index contributed by atoms with van der Waals surface area (Å²) >= 11 is 0. The highest BCUT2D eigenvalue weighted by atomic mass is 31.2. The molecule has 2 nitrogen and oxygen atoms in total. The van der Waals surface area contributed by atoms with Crippen LogP contribution >= 0.6 is 7.49 Å². The van der Waals surface area contributed by atoms with Crippen LogP contribution in [-0.4, -0.2) is 32.0 Å². The van der Waals surface area contributed by atoms with E-state index in [-0.39, 0.29) is 5.34 Å². The van der Waals surface area contributed by atoms with Gasteiger partial charge in [0.15, 0.2) is 0 Å². The van der Waals surface area contributed by atoms with Gasteiger partial charge in [0.2, 0.25) is 12.8 Å². The lowest BCUT2D eigenvalue weighted by atomic mass is 10.3. The Balaban J connectivity index is 0.000000422. The van der Waals surface area contributed by atoms with Crippen LogP contribution in [0.1, 0.15) is 27.2 Å². The average Bonchev–Trinajstić information content (AvgIpc) is 2.37. The highest BCUT2D eigenvalue weighted by Crippen LogP contribution is 2.71. The first-order valence-corrected chi connectivity index (χ1v) is 8.96. The van der Waals surface area contributed by atoms with Crippen LogP contribution in [0.4, 0.5) is 17.3 Å². The lowest BCUT2D eigenvalue weighted by Gasteiger charge is -2.43. The van der Waals surface area contributed by atoms with E-state index in [1.807, 2.05) is 7.11 Å². The fraction of sp³-hybridized carbons (Fsp3) is 0.571. The van der Waals surface area contributed by atoms with E-state index in [2.05, 4.69) is 51.1 Å². The molecule has 8 heteroatoms. The first-order chi connectivity index (χ1) is 10.0. The predicted molar refractivity (Wildman–Crippen MR) is 84.3 cm³/mol. The van der Waals surface area contributed by atoms with Crippen molar-refractivity contribution >= 4 is 20.0 Å². The summed E-state index contributed by atoms with van der Waals surface area (Å²) in [5, 5.41) is 1.13. The Morgan fingerprint density at radius 3 is 2.09 bits per heavy atom. The molecule has 0 bridgehead atoms. The Labute approximate surface area is 129 Å². The summed E-state index contributed by atoms with van der Waals surface area (Å²) in [5.41, 5.74) is 0. The molecule has 0 amide bonds. The second-order valence-electron chi connectivity index (χ2n) is 5.64. The van der Waals surface area contributed by atoms with Gasteiger partial charge < -0.3 is 22.0 Å². The number of ether oxygens (including phenoxy) is 1. The van der Waals surface area contributed by atoms with Crippen LogP contribution in [0.25, 0.3) is 0 Å². The summed E-state index contributed by atoms with van der Waals surface area (Å²) in [5.74, 6) is 0. The van der Waals surface area contributed by atoms with Crippen LogP contribution in [0.2, 0.25) is 0 Å². The topological polar surface area (TPSA) is 18.5 Å². The van der Waals surface area contributed by atoms with Crippen LogP contribution in [0, 0.1) is 0 Å². The van der Waals surface area contributed by atoms with E-state index in [9.17, 15) is 17.3 Å². The molecule has 1 aliphatic rings. The van der Waals surface area contributed by atoms with Crippen molar-refractivity contribution in [1.82, 2.24) is 0 Å². The maximum atomic E-state index is 9.75. The van der Waals surface area contributed by atoms with Crippen molar-refractivity contribution in [2.45, 2.75) is 38.6 Å². The largest absolute Gasteiger partial charge is 0.673 e. The first-order valence-electron chi connectivity index (χ1n) is 7.06. The minimum Gasteiger partial charge on any atom is -0.418 e. The fourth-order valence-electron chi connectivity index (χ4n) is 2.79. The zero-order chi connectivity index (χ0) is 17.0. The third kappa shape index (κ3) is 4.93. The molecule has 1 heterocycles. The molecule has 2 rings (SSSR count). The van der Waals surface area contributed by atoms with E-state index in [0.29, 0.717) is 6.10 Å². The minimum atomic E-state index is -6.00. The van der Waals surface area contributed by atoms with Crippen LogP contribution < -0.4 is 5.30 Å². The molecule has 1 aromatic rings. The molecule has 1 fully saturated rings. The van der Waals surface area contributed by atoms with Crippen LogP contribution in [0.5, 0.6) is 0 Å². The third-order valence-electron chi connectivity index (χ3n) is 3.69. The van der Waals surface area contributed by atoms with Gasteiger partial charge in [0, 0.05) is 20.3 Å². The number of benzene rings is 1. The average molecular weight is 340 g/mol. The Bertz CT molecular complexity index is 464. The second kappa shape index (κ2) is 7.28. The molecule has 0 aliphatic carbocycles. The van der Waals surface area contributed by atoms with Crippen molar-refractivity contribution < 1.29 is 26.5 Å². The number of halogens is 4. The van der Waals surface area contributed by atoms with Crippen molar-refractivity contribution in [2.75, 3.05) is 13.3 Å². The van der Waals surface area contributed by atoms with E-state index < -0.39 is 14.7 Å². The highest BCUT2D eigenvalue weighted by Gasteiger charge is 2.59. The summed E-state index contributed by atoms with van der Waals surface area (Å²) in [4.78, 5) is 0. The molecule has 1 aromatic carbocycles. The standard InChI is InChI=1S/C14H22O2P.BF4/c1-12-10-11-17(15-4,14(2,3)16-12)13-8-6-5-7-9-13;2-1(3,4)5/h5-9,12H,10-11H2,1-4H3;/q+1;-1/t12-,17?;/m1./s1. The molecule has 2 atom stereocenters. The summed E-state index contributed by atoms with van der Waals surface area (Å²) in [7, 11) is -5.85. The third-order valence-corrected chi connectivity index (χ3v) is 8.18. The van der Waals surface area contributed by atoms with Gasteiger partial charge in [0.05, 0.1) is 19.4 Å². The molecular weight excluding hydrogens is 318 g/mol. The summed E-state index contributed by atoms with van der Waals surface area (Å²) in [6, 6.07) is 10.6. The van der Waals surface area contributed by atoms with Crippen molar-refractivity contribution in [1.29, 1.82) is 0 Å². The normalized spacial score (nSPS) is 27.7. The number of rotatable bonds is 2. The van der Waals surface area contributed by atoms with E-state index in [1.54, 1.807) is 0 Å². The van der Waals surface area contributed by atoms with Crippen LogP contribution in [-0.2, 0) is 9.26 Å². The fourth-order valence-corrected chi connectivity index (χ4v) is 6.78. The van der Waals surface area contributed by atoms with Crippen molar-refractivity contribution in [2.24, 2.45) is 0 Å². The zero-order valence-corrected chi connectivity index (χ0v) is 14.1. The molecule has 22 heavy (non-hydrogen) atoms. The van der Waals surface area contributed by atoms with Gasteiger partial charge in [0.25, 0.3) is 0 Å². The SMILES string of the molecule is CO[P+]1(c2ccccc2)CC[C@@H](C)OC1(C)C.F[B-](F)(F)F. The molecule has 126 valence electrons. The summed E-state index contributed by atoms with van der Waals surface area (Å²) in [6.07, 6.45) is 2.53. The van der Waals surface area contributed by atoms with Gasteiger partial charge in [-0.15, -0.1) is 0 Å². The van der Waals surface area contributed by atoms with E-state index in [4.69, 9.17) is 9.26 Å². The minimum absolute atomic E-state index is 0.194. The maximum absolute atomic E-state index is 9.75. The molecule has 0 radical (unpaired) electrons. The first kappa shape index (κ1) is 19.4. The van der Waals surface area contributed by atoms with E-state index >= 15 is 0 Å². The number of hydrogen-bond acceptors (Lipinski definition) is 2. The molecule has 1 saturated heterocycles. The van der Waals surface area contributed by atoms with Gasteiger partial charge >= 0.3 is 7.25 Å². The van der Waals surface area contributed by atoms with E-state index in [0.717, 1.165) is 12.6 Å². The monoisotopic (exact) mass is 340 g/mol. The Morgan fingerprint density at radius 2 is 1.68 bits per heavy atom. The van der Waals surface area contributed by atoms with Crippen molar-refractivity contribution in [3.05, 3.63) is 30.3 Å². The quantitative estimate of drug-likeness (QED) is 0.440. The van der Waals surface area contributed by atoms with Crippen molar-refractivity contribution in [3.8, 4) is 0 Å². The summed E-state index contributed by atoms with van der Waals surface area (Å²) in [6.45, 7) is 6.50. The highest BCUT2D eigenvalue weighted by molar-refractivity contribution is 7.79. The van der Waals surface area contributed by atoms with E-state index in [1.165, 1.54) is 5.30 Å². The smallest absolute Gasteiger partial charge is 0.418 e. The zero-order valence-electron chi connectivity index (χ0n) is 13.2. The molecule has 0 saturated carbocycles. The Kier molecular flexibility index (Phi) is 6.42. The molecule has 0 aromatic heterocycles. The molecule has 0 spiro atoms. The molecule has 0 N–H and O–H groups in total. The molecule has 1 aliphatic heterocycles. The molecular formula is C14H22BF4O2P. The molecule has 1 unspecified atom stereocenters. The maximum Gasteiger partial charge on any atom is 0.673 e. The van der Waals surface area contributed by atoms with Crippen LogP contribution in [0.15, 0.2) is 30.3 Å². The van der Waals surface area contributed by atoms with Crippen molar-refractivity contribution in [3.63, 3.8) is 0 Å². The van der Waals surface area contributed by atoms with Gasteiger partial charge in [-0.25, -0.2) is 4.52 Å². The number of hydrogen-bond donors (Lipinski definition) is 0. The summed E-state index contributed by atoms with van der Waals surface area (Å²) < 4.78 is 51.2. The van der Waals surface area contributed by atoms with Gasteiger partial charge in [-0.1, -0.05) is 18.2 Å². The lowest BCUT2D eigenvalue weighted by Crippen LogP contribution is -2.43.